The van der Waals surface area contributed by atoms with Crippen molar-refractivity contribution in [2.45, 2.75) is 26.3 Å². The van der Waals surface area contributed by atoms with Crippen LogP contribution in [0.25, 0.3) is 0 Å². The third-order valence-corrected chi connectivity index (χ3v) is 4.79. The van der Waals surface area contributed by atoms with E-state index >= 15 is 0 Å². The summed E-state index contributed by atoms with van der Waals surface area (Å²) < 4.78 is 0. The molecule has 5 nitrogen and oxygen atoms in total. The van der Waals surface area contributed by atoms with E-state index in [1.807, 2.05) is 55.7 Å². The molecule has 0 radical (unpaired) electrons. The molecule has 0 aliphatic carbocycles. The number of carbonyl (C=O) groups excluding carboxylic acids is 1. The molecule has 1 unspecified atom stereocenters. The van der Waals surface area contributed by atoms with Gasteiger partial charge in [0, 0.05) is 49.9 Å². The van der Waals surface area contributed by atoms with Gasteiger partial charge in [0.15, 0.2) is 0 Å². The van der Waals surface area contributed by atoms with Gasteiger partial charge in [0.1, 0.15) is 0 Å². The topological polar surface area (TPSA) is 48.5 Å². The minimum absolute atomic E-state index is 0.0825. The van der Waals surface area contributed by atoms with Gasteiger partial charge >= 0.3 is 0 Å². The first-order valence-electron chi connectivity index (χ1n) is 8.94. The predicted octanol–water partition coefficient (Wildman–Crippen LogP) is 2.93. The van der Waals surface area contributed by atoms with E-state index in [1.165, 1.54) is 11.3 Å². The van der Waals surface area contributed by atoms with Crippen LogP contribution in [-0.2, 0) is 4.79 Å². The fraction of sp³-hybridized carbons (Fsp3) is 0.400. The summed E-state index contributed by atoms with van der Waals surface area (Å²) in [5.74, 6) is 0.0868. The third-order valence-electron chi connectivity index (χ3n) is 4.79. The Hall–Kier alpha value is -2.40. The number of hydrogen-bond acceptors (Lipinski definition) is 4. The number of pyridine rings is 1. The normalized spacial score (nSPS) is 16.5. The molecular weight excluding hydrogens is 312 g/mol. The highest BCUT2D eigenvalue weighted by atomic mass is 16.2. The molecule has 0 bridgehead atoms. The number of nitrogens with zero attached hydrogens (tertiary/aromatic N) is 3. The number of nitrogens with one attached hydrogen (secondary N) is 1. The van der Waals surface area contributed by atoms with Gasteiger partial charge in [-0.2, -0.15) is 0 Å². The average Bonchev–Trinajstić information content (AvgIpc) is 2.65. The van der Waals surface area contributed by atoms with Crippen LogP contribution in [0.5, 0.6) is 0 Å². The highest BCUT2D eigenvalue weighted by Gasteiger charge is 2.27. The van der Waals surface area contributed by atoms with Crippen molar-refractivity contribution in [3.05, 3.63) is 54.4 Å². The minimum atomic E-state index is -0.0825. The van der Waals surface area contributed by atoms with E-state index in [9.17, 15) is 4.79 Å². The second kappa shape index (κ2) is 8.12. The summed E-state index contributed by atoms with van der Waals surface area (Å²) in [6.07, 6.45) is 4.46. The van der Waals surface area contributed by atoms with E-state index in [1.54, 1.807) is 0 Å². The molecule has 0 spiro atoms. The smallest absolute Gasteiger partial charge is 0.241 e. The van der Waals surface area contributed by atoms with Crippen molar-refractivity contribution in [3.8, 4) is 0 Å². The largest absolute Gasteiger partial charge is 0.369 e. The van der Waals surface area contributed by atoms with E-state index in [4.69, 9.17) is 0 Å². The van der Waals surface area contributed by atoms with E-state index in [2.05, 4.69) is 27.0 Å². The van der Waals surface area contributed by atoms with Crippen molar-refractivity contribution < 1.29 is 4.79 Å². The van der Waals surface area contributed by atoms with Gasteiger partial charge in [-0.25, -0.2) is 0 Å². The number of anilines is 2. The lowest BCUT2D eigenvalue weighted by molar-refractivity contribution is -0.121. The van der Waals surface area contributed by atoms with Crippen molar-refractivity contribution in [1.29, 1.82) is 0 Å². The Morgan fingerprint density at radius 3 is 2.32 bits per heavy atom. The van der Waals surface area contributed by atoms with Gasteiger partial charge in [-0.1, -0.05) is 24.6 Å². The summed E-state index contributed by atoms with van der Waals surface area (Å²) in [5, 5.41) is 3.06. The fourth-order valence-corrected chi connectivity index (χ4v) is 3.32. The Bertz CT molecular complexity index is 679. The van der Waals surface area contributed by atoms with Gasteiger partial charge in [0.2, 0.25) is 5.91 Å². The second-order valence-electron chi connectivity index (χ2n) is 6.51. The summed E-state index contributed by atoms with van der Waals surface area (Å²) in [5.41, 5.74) is 3.26. The molecule has 3 rings (SSSR count). The molecule has 1 aromatic carbocycles. The number of aromatic nitrogens is 1. The molecule has 1 fully saturated rings. The first kappa shape index (κ1) is 17.4. The van der Waals surface area contributed by atoms with E-state index < -0.39 is 0 Å². The van der Waals surface area contributed by atoms with Crippen LogP contribution >= 0.6 is 0 Å². The Balaban J connectivity index is 1.58. The van der Waals surface area contributed by atoms with Crippen LogP contribution in [-0.4, -0.2) is 48.0 Å². The summed E-state index contributed by atoms with van der Waals surface area (Å²) in [4.78, 5) is 21.4. The van der Waals surface area contributed by atoms with Crippen molar-refractivity contribution in [1.82, 2.24) is 9.88 Å². The molecule has 1 saturated heterocycles. The maximum absolute atomic E-state index is 12.7. The van der Waals surface area contributed by atoms with E-state index in [0.717, 1.165) is 38.3 Å². The number of hydrogen-bond donors (Lipinski definition) is 1. The zero-order valence-corrected chi connectivity index (χ0v) is 15.0. The van der Waals surface area contributed by atoms with Gasteiger partial charge < -0.3 is 10.2 Å². The number of amides is 1. The summed E-state index contributed by atoms with van der Waals surface area (Å²) in [7, 11) is 0. The molecular formula is C20H26N4O. The Morgan fingerprint density at radius 1 is 1.08 bits per heavy atom. The van der Waals surface area contributed by atoms with Crippen molar-refractivity contribution in [2.75, 3.05) is 36.4 Å². The molecule has 1 aliphatic rings. The van der Waals surface area contributed by atoms with Gasteiger partial charge in [-0.3, -0.25) is 14.7 Å². The quantitative estimate of drug-likeness (QED) is 0.911. The Kier molecular flexibility index (Phi) is 5.66. The maximum atomic E-state index is 12.7. The summed E-state index contributed by atoms with van der Waals surface area (Å²) in [6.45, 7) is 7.76. The summed E-state index contributed by atoms with van der Waals surface area (Å²) >= 11 is 0. The number of rotatable bonds is 5. The van der Waals surface area contributed by atoms with Gasteiger partial charge in [0.05, 0.1) is 6.04 Å². The third kappa shape index (κ3) is 4.37. The first-order valence-corrected chi connectivity index (χ1v) is 8.94. The van der Waals surface area contributed by atoms with Crippen LogP contribution in [0.2, 0.25) is 0 Å². The first-order chi connectivity index (χ1) is 12.2. The van der Waals surface area contributed by atoms with E-state index in [0.29, 0.717) is 0 Å². The second-order valence-corrected chi connectivity index (χ2v) is 6.51. The molecule has 1 atom stereocenters. The van der Waals surface area contributed by atoms with Crippen LogP contribution in [0.15, 0.2) is 48.8 Å². The lowest BCUT2D eigenvalue weighted by atomic mass is 10.1. The highest BCUT2D eigenvalue weighted by molar-refractivity contribution is 5.94. The number of piperazine rings is 1. The number of aryl methyl sites for hydroxylation is 1. The Morgan fingerprint density at radius 2 is 1.72 bits per heavy atom. The van der Waals surface area contributed by atoms with Gasteiger partial charge in [-0.15, -0.1) is 0 Å². The molecule has 1 aromatic heterocycles. The zero-order valence-electron chi connectivity index (χ0n) is 15.0. The van der Waals surface area contributed by atoms with Gasteiger partial charge in [0.25, 0.3) is 0 Å². The highest BCUT2D eigenvalue weighted by Crippen LogP contribution is 2.18. The molecule has 5 heteroatoms. The molecule has 2 aromatic rings. The number of carbonyl (C=O) groups is 1. The van der Waals surface area contributed by atoms with Crippen molar-refractivity contribution in [3.63, 3.8) is 0 Å². The van der Waals surface area contributed by atoms with E-state index in [-0.39, 0.29) is 11.9 Å². The molecule has 2 heterocycles. The zero-order chi connectivity index (χ0) is 17.6. The maximum Gasteiger partial charge on any atom is 0.241 e. The minimum Gasteiger partial charge on any atom is -0.369 e. The predicted molar refractivity (Wildman–Crippen MR) is 102 cm³/mol. The molecule has 0 saturated carbocycles. The van der Waals surface area contributed by atoms with Crippen LogP contribution in [0, 0.1) is 6.92 Å². The monoisotopic (exact) mass is 338 g/mol. The molecule has 1 aliphatic heterocycles. The van der Waals surface area contributed by atoms with Crippen LogP contribution < -0.4 is 10.2 Å². The Labute approximate surface area is 149 Å². The van der Waals surface area contributed by atoms with Crippen molar-refractivity contribution in [2.24, 2.45) is 0 Å². The number of benzene rings is 1. The molecule has 132 valence electrons. The van der Waals surface area contributed by atoms with Crippen LogP contribution in [0.4, 0.5) is 11.4 Å². The average molecular weight is 338 g/mol. The molecule has 25 heavy (non-hydrogen) atoms. The van der Waals surface area contributed by atoms with Crippen LogP contribution in [0.1, 0.15) is 18.9 Å². The molecule has 1 N–H and O–H groups in total. The van der Waals surface area contributed by atoms with Crippen LogP contribution in [0.3, 0.4) is 0 Å². The summed E-state index contributed by atoms with van der Waals surface area (Å²) in [6, 6.07) is 12.0. The fourth-order valence-electron chi connectivity index (χ4n) is 3.32. The lowest BCUT2D eigenvalue weighted by Gasteiger charge is -2.39. The molecule has 1 amide bonds. The SMILES string of the molecule is CCC(C(=O)Nc1ccc(C)cc1)N1CCN(c2ccncc2)CC1. The van der Waals surface area contributed by atoms with Gasteiger partial charge in [-0.05, 0) is 37.6 Å². The van der Waals surface area contributed by atoms with Crippen molar-refractivity contribution >= 4 is 17.3 Å². The lowest BCUT2D eigenvalue weighted by Crippen LogP contribution is -2.53. The standard InChI is InChI=1S/C20H26N4O/c1-3-19(20(25)22-17-6-4-16(2)5-7-17)24-14-12-23(13-15-24)18-8-10-21-11-9-18/h4-11,19H,3,12-15H2,1-2H3,(H,22,25).